The van der Waals surface area contributed by atoms with Gasteiger partial charge in [0, 0.05) is 71.6 Å². The molecule has 4 heterocycles. The van der Waals surface area contributed by atoms with Crippen LogP contribution in [-0.4, -0.2) is 56.3 Å². The lowest BCUT2D eigenvalue weighted by molar-refractivity contribution is -0.137. The molecule has 242 valence electrons. The summed E-state index contributed by atoms with van der Waals surface area (Å²) < 4.78 is 74.4. The molecule has 0 spiro atoms. The Morgan fingerprint density at radius 1 is 1.07 bits per heavy atom. The summed E-state index contributed by atoms with van der Waals surface area (Å²) in [7, 11) is 0. The number of rotatable bonds is 3. The summed E-state index contributed by atoms with van der Waals surface area (Å²) in [5.41, 5.74) is -2.62. The highest BCUT2D eigenvalue weighted by molar-refractivity contribution is 7.99. The molecule has 7 nitrogen and oxygen atoms in total. The van der Waals surface area contributed by atoms with Gasteiger partial charge in [0.2, 0.25) is 5.91 Å². The molecule has 0 N–H and O–H groups in total. The summed E-state index contributed by atoms with van der Waals surface area (Å²) in [6, 6.07) is 7.19. The molecular weight excluding hydrogens is 649 g/mol. The molecule has 2 aromatic heterocycles. The first-order chi connectivity index (χ1) is 21.8. The van der Waals surface area contributed by atoms with Gasteiger partial charge < -0.3 is 9.80 Å². The van der Waals surface area contributed by atoms with E-state index in [0.29, 0.717) is 18.2 Å². The van der Waals surface area contributed by atoms with Crippen LogP contribution in [0.1, 0.15) is 25.8 Å². The van der Waals surface area contributed by atoms with Crippen LogP contribution in [0.25, 0.3) is 22.0 Å². The number of carbonyl (C=O) groups excluding carboxylic acids is 1. The average Bonchev–Trinajstić information content (AvgIpc) is 3.25. The molecule has 14 heteroatoms. The molecule has 4 aromatic rings. The second-order valence-corrected chi connectivity index (χ2v) is 12.4. The molecule has 2 aliphatic rings. The van der Waals surface area contributed by atoms with E-state index in [9.17, 15) is 27.2 Å². The van der Waals surface area contributed by atoms with Crippen LogP contribution in [0, 0.1) is 11.6 Å². The van der Waals surface area contributed by atoms with Crippen molar-refractivity contribution in [1.82, 2.24) is 19.4 Å². The van der Waals surface area contributed by atoms with Crippen LogP contribution in [0.3, 0.4) is 0 Å². The van der Waals surface area contributed by atoms with Gasteiger partial charge in [-0.2, -0.15) is 18.2 Å². The van der Waals surface area contributed by atoms with Gasteiger partial charge >= 0.3 is 11.9 Å². The zero-order valence-electron chi connectivity index (χ0n) is 24.8. The minimum absolute atomic E-state index is 0.0474. The third kappa shape index (κ3) is 6.48. The molecule has 0 radical (unpaired) electrons. The van der Waals surface area contributed by atoms with Gasteiger partial charge in [0.15, 0.2) is 0 Å². The molecule has 1 fully saturated rings. The number of benzene rings is 2. The van der Waals surface area contributed by atoms with Crippen molar-refractivity contribution >= 4 is 46.0 Å². The van der Waals surface area contributed by atoms with Gasteiger partial charge in [0.25, 0.3) is 0 Å². The van der Waals surface area contributed by atoms with Crippen molar-refractivity contribution < 1.29 is 26.7 Å². The largest absolute Gasteiger partial charge is 0.417 e. The number of aromatic nitrogens is 3. The van der Waals surface area contributed by atoms with E-state index in [-0.39, 0.29) is 59.2 Å². The number of carbonyl (C=O) groups is 1. The van der Waals surface area contributed by atoms with Crippen molar-refractivity contribution in [2.75, 3.05) is 23.7 Å². The van der Waals surface area contributed by atoms with Crippen molar-refractivity contribution in [3.8, 4) is 11.1 Å². The number of thioether (sulfide) groups is 1. The van der Waals surface area contributed by atoms with E-state index in [2.05, 4.69) is 16.5 Å². The Balaban J connectivity index is 0.000000624. The van der Waals surface area contributed by atoms with E-state index < -0.39 is 45.2 Å². The number of halogens is 6. The van der Waals surface area contributed by atoms with Crippen LogP contribution in [0.5, 0.6) is 0 Å². The fourth-order valence-electron chi connectivity index (χ4n) is 5.93. The highest BCUT2D eigenvalue weighted by Crippen LogP contribution is 2.49. The highest BCUT2D eigenvalue weighted by Gasteiger charge is 2.40. The number of nitrogens with zero attached hydrogens (tertiary/aromatic N) is 5. The second-order valence-electron chi connectivity index (χ2n) is 10.9. The zero-order valence-corrected chi connectivity index (χ0v) is 26.4. The number of hydrogen-bond acceptors (Lipinski definition) is 6. The lowest BCUT2D eigenvalue weighted by Gasteiger charge is -2.44. The predicted octanol–water partition coefficient (Wildman–Crippen LogP) is 7.20. The molecule has 2 unspecified atom stereocenters. The van der Waals surface area contributed by atoms with Gasteiger partial charge in [-0.1, -0.05) is 24.2 Å². The SMILES string of the molecule is C=CC(=O)N1C(C)CN(c2nc(=O)n3c4c(c(-c5cc(Cl)c(F)cc5F)c(C(F)(F)F)cc24)SCCC3)CC1C.c1ccncc1. The van der Waals surface area contributed by atoms with Gasteiger partial charge in [-0.25, -0.2) is 13.6 Å². The summed E-state index contributed by atoms with van der Waals surface area (Å²) in [4.78, 5) is 37.1. The van der Waals surface area contributed by atoms with E-state index in [4.69, 9.17) is 11.6 Å². The number of alkyl halides is 3. The number of piperazine rings is 1. The summed E-state index contributed by atoms with van der Waals surface area (Å²) in [6.07, 6.45) is 0.224. The van der Waals surface area contributed by atoms with Crippen LogP contribution in [0.2, 0.25) is 5.02 Å². The van der Waals surface area contributed by atoms with Crippen molar-refractivity contribution in [2.45, 2.75) is 50.0 Å². The van der Waals surface area contributed by atoms with Gasteiger partial charge in [0.05, 0.1) is 16.1 Å². The molecule has 1 amide bonds. The predicted molar refractivity (Wildman–Crippen MR) is 169 cm³/mol. The Hall–Kier alpha value is -3.97. The van der Waals surface area contributed by atoms with E-state index in [1.807, 2.05) is 18.2 Å². The van der Waals surface area contributed by atoms with Crippen molar-refractivity contribution in [1.29, 1.82) is 0 Å². The summed E-state index contributed by atoms with van der Waals surface area (Å²) in [6.45, 7) is 7.75. The first-order valence-corrected chi connectivity index (χ1v) is 15.7. The van der Waals surface area contributed by atoms with Gasteiger partial charge in [-0.3, -0.25) is 14.3 Å². The van der Waals surface area contributed by atoms with Crippen LogP contribution in [0.4, 0.5) is 27.8 Å². The topological polar surface area (TPSA) is 71.3 Å². The van der Waals surface area contributed by atoms with Gasteiger partial charge in [0.1, 0.15) is 17.5 Å². The Kier molecular flexibility index (Phi) is 9.73. The average molecular weight is 678 g/mol. The first-order valence-electron chi connectivity index (χ1n) is 14.3. The van der Waals surface area contributed by atoms with E-state index in [1.54, 1.807) is 36.0 Å². The number of anilines is 1. The normalized spacial score (nSPS) is 18.1. The van der Waals surface area contributed by atoms with Gasteiger partial charge in [-0.05, 0) is 56.4 Å². The third-order valence-electron chi connectivity index (χ3n) is 7.77. The fraction of sp³-hybridized carbons (Fsp3) is 0.312. The first kappa shape index (κ1) is 33.4. The van der Waals surface area contributed by atoms with E-state index in [0.717, 1.165) is 23.9 Å². The Labute approximate surface area is 270 Å². The number of pyridine rings is 1. The summed E-state index contributed by atoms with van der Waals surface area (Å²) in [5.74, 6) is -2.18. The summed E-state index contributed by atoms with van der Waals surface area (Å²) >= 11 is 6.95. The van der Waals surface area contributed by atoms with Crippen LogP contribution < -0.4 is 10.6 Å². The third-order valence-corrected chi connectivity index (χ3v) is 9.24. The van der Waals surface area contributed by atoms with Crippen LogP contribution in [-0.2, 0) is 17.5 Å². The lowest BCUT2D eigenvalue weighted by Crippen LogP contribution is -2.58. The maximum Gasteiger partial charge on any atom is 0.417 e. The molecule has 0 aliphatic carbocycles. The fourth-order valence-corrected chi connectivity index (χ4v) is 7.29. The molecule has 2 aromatic carbocycles. The standard InChI is InChI=1S/C27H24ClF5N4O2S.C5H5N/c1-4-21(38)37-13(2)11-35(12-14(37)3)25-16-8-17(27(31,32)33)22(15-9-18(28)20(30)10-19(15)29)24-23(16)36(26(39)34-25)6-5-7-40-24;1-2-4-6-5-3-1/h4,8-10,13-14H,1,5-7,11-12H2,2-3H3;1-5H. The van der Waals surface area contributed by atoms with Crippen molar-refractivity contribution in [2.24, 2.45) is 0 Å². The Morgan fingerprint density at radius 2 is 1.74 bits per heavy atom. The molecule has 2 atom stereocenters. The molecule has 46 heavy (non-hydrogen) atoms. The van der Waals surface area contributed by atoms with Crippen molar-refractivity contribution in [3.63, 3.8) is 0 Å². The maximum absolute atomic E-state index is 15.1. The van der Waals surface area contributed by atoms with Crippen LogP contribution >= 0.6 is 23.4 Å². The van der Waals surface area contributed by atoms with Crippen molar-refractivity contribution in [3.05, 3.63) is 94.2 Å². The quantitative estimate of drug-likeness (QED) is 0.130. The smallest absolute Gasteiger partial charge is 0.352 e. The molecule has 0 saturated carbocycles. The molecule has 6 rings (SSSR count). The maximum atomic E-state index is 15.1. The molecule has 1 saturated heterocycles. The van der Waals surface area contributed by atoms with E-state index in [1.165, 1.54) is 10.6 Å². The highest BCUT2D eigenvalue weighted by atomic mass is 35.5. The van der Waals surface area contributed by atoms with Crippen LogP contribution in [0.15, 0.2) is 71.1 Å². The Morgan fingerprint density at radius 3 is 2.30 bits per heavy atom. The molecular formula is C32H29ClF5N5O2S. The molecule has 2 aliphatic heterocycles. The lowest BCUT2D eigenvalue weighted by atomic mass is 9.95. The van der Waals surface area contributed by atoms with Gasteiger partial charge in [-0.15, -0.1) is 11.8 Å². The Bertz CT molecular complexity index is 1810. The monoisotopic (exact) mass is 677 g/mol. The van der Waals surface area contributed by atoms with E-state index >= 15 is 4.39 Å². The zero-order chi connectivity index (χ0) is 33.3. The number of amides is 1. The minimum Gasteiger partial charge on any atom is -0.352 e. The minimum atomic E-state index is -4.94. The number of aryl methyl sites for hydroxylation is 1. The summed E-state index contributed by atoms with van der Waals surface area (Å²) in [5, 5.41) is -0.449. The number of hydrogen-bond donors (Lipinski definition) is 0. The molecule has 0 bridgehead atoms. The second kappa shape index (κ2) is 13.4.